The maximum absolute atomic E-state index is 12.4. The summed E-state index contributed by atoms with van der Waals surface area (Å²) in [6.45, 7) is 5.81. The van der Waals surface area contributed by atoms with Crippen LogP contribution < -0.4 is 10.6 Å². The predicted octanol–water partition coefficient (Wildman–Crippen LogP) is 4.97. The van der Waals surface area contributed by atoms with E-state index in [0.29, 0.717) is 10.0 Å². The fraction of sp³-hybridized carbons (Fsp3) is 0.353. The number of thiophene rings is 1. The molecule has 2 rings (SSSR count). The van der Waals surface area contributed by atoms with E-state index in [2.05, 4.69) is 23.6 Å². The third-order valence-corrected chi connectivity index (χ3v) is 5.27. The second kappa shape index (κ2) is 8.15. The van der Waals surface area contributed by atoms with Crippen molar-refractivity contribution < 1.29 is 4.79 Å². The summed E-state index contributed by atoms with van der Waals surface area (Å²) < 4.78 is 0. The monoisotopic (exact) mass is 370 g/mol. The largest absolute Gasteiger partial charge is 0.348 e. The Hall–Kier alpha value is -1.07. The lowest BCUT2D eigenvalue weighted by atomic mass is 10.1. The third-order valence-electron chi connectivity index (χ3n) is 3.65. The topological polar surface area (TPSA) is 41.1 Å². The average Bonchev–Trinajstić information content (AvgIpc) is 3.01. The van der Waals surface area contributed by atoms with Crippen LogP contribution in [0.1, 0.15) is 43.3 Å². The van der Waals surface area contributed by atoms with Crippen molar-refractivity contribution in [3.63, 3.8) is 0 Å². The molecule has 3 nitrogen and oxygen atoms in total. The van der Waals surface area contributed by atoms with E-state index >= 15 is 0 Å². The molecule has 1 amide bonds. The molecular weight excluding hydrogens is 351 g/mol. The molecule has 1 heterocycles. The van der Waals surface area contributed by atoms with E-state index in [9.17, 15) is 4.79 Å². The number of hydrogen-bond donors (Lipinski definition) is 2. The molecule has 0 saturated heterocycles. The molecule has 2 N–H and O–H groups in total. The van der Waals surface area contributed by atoms with Gasteiger partial charge in [0.2, 0.25) is 5.91 Å². The standard InChI is InChI=1S/C17H20Cl2N2OS/c1-10(14-7-6-13(18)9-15(14)19)21-17(22)12(3)20-11(2)16-5-4-8-23-16/h4-12,20H,1-3H3,(H,21,22). The quantitative estimate of drug-likeness (QED) is 0.753. The van der Waals surface area contributed by atoms with Crippen LogP contribution in [0, 0.1) is 0 Å². The Bertz CT molecular complexity index is 661. The van der Waals surface area contributed by atoms with Crippen molar-refractivity contribution >= 4 is 40.4 Å². The van der Waals surface area contributed by atoms with Crippen LogP contribution >= 0.6 is 34.5 Å². The molecule has 3 atom stereocenters. The highest BCUT2D eigenvalue weighted by atomic mass is 35.5. The highest BCUT2D eigenvalue weighted by molar-refractivity contribution is 7.10. The van der Waals surface area contributed by atoms with Gasteiger partial charge in [-0.3, -0.25) is 10.1 Å². The maximum Gasteiger partial charge on any atom is 0.237 e. The summed E-state index contributed by atoms with van der Waals surface area (Å²) in [6.07, 6.45) is 0. The molecule has 1 aromatic carbocycles. The lowest BCUT2D eigenvalue weighted by Gasteiger charge is -2.22. The van der Waals surface area contributed by atoms with Gasteiger partial charge in [-0.05, 0) is 49.9 Å². The van der Waals surface area contributed by atoms with E-state index in [1.165, 1.54) is 4.88 Å². The van der Waals surface area contributed by atoms with Gasteiger partial charge in [-0.25, -0.2) is 0 Å². The van der Waals surface area contributed by atoms with Crippen LogP contribution in [-0.4, -0.2) is 11.9 Å². The van der Waals surface area contributed by atoms with Gasteiger partial charge in [-0.1, -0.05) is 35.3 Å². The fourth-order valence-electron chi connectivity index (χ4n) is 2.34. The van der Waals surface area contributed by atoms with Gasteiger partial charge in [0.25, 0.3) is 0 Å². The van der Waals surface area contributed by atoms with Crippen molar-refractivity contribution in [3.8, 4) is 0 Å². The minimum atomic E-state index is -0.305. The van der Waals surface area contributed by atoms with Gasteiger partial charge in [0, 0.05) is 21.0 Å². The second-order valence-corrected chi connectivity index (χ2v) is 7.34. The lowest BCUT2D eigenvalue weighted by Crippen LogP contribution is -2.43. The number of carbonyl (C=O) groups is 1. The van der Waals surface area contributed by atoms with Crippen LogP contribution in [0.4, 0.5) is 0 Å². The Morgan fingerprint density at radius 3 is 2.48 bits per heavy atom. The first kappa shape index (κ1) is 18.3. The molecule has 23 heavy (non-hydrogen) atoms. The predicted molar refractivity (Wildman–Crippen MR) is 98.4 cm³/mol. The summed E-state index contributed by atoms with van der Waals surface area (Å²) in [4.78, 5) is 13.6. The molecule has 0 aliphatic rings. The van der Waals surface area contributed by atoms with Crippen LogP contribution in [-0.2, 0) is 4.79 Å². The van der Waals surface area contributed by atoms with Gasteiger partial charge in [0.15, 0.2) is 0 Å². The maximum atomic E-state index is 12.4. The van der Waals surface area contributed by atoms with Crippen LogP contribution in [0.3, 0.4) is 0 Å². The first-order valence-electron chi connectivity index (χ1n) is 7.43. The van der Waals surface area contributed by atoms with Crippen LogP contribution in [0.2, 0.25) is 10.0 Å². The Morgan fingerprint density at radius 2 is 1.87 bits per heavy atom. The fourth-order valence-corrected chi connectivity index (χ4v) is 3.66. The lowest BCUT2D eigenvalue weighted by molar-refractivity contribution is -0.123. The van der Waals surface area contributed by atoms with E-state index in [4.69, 9.17) is 23.2 Å². The SMILES string of the molecule is CC(NC(C)c1cccs1)C(=O)NC(C)c1ccc(Cl)cc1Cl. The van der Waals surface area contributed by atoms with Crippen molar-refractivity contribution in [3.05, 3.63) is 56.2 Å². The van der Waals surface area contributed by atoms with E-state index in [0.717, 1.165) is 5.56 Å². The summed E-state index contributed by atoms with van der Waals surface area (Å²) in [5.74, 6) is -0.0630. The summed E-state index contributed by atoms with van der Waals surface area (Å²) in [7, 11) is 0. The molecule has 124 valence electrons. The molecule has 6 heteroatoms. The molecule has 0 aliphatic carbocycles. The van der Waals surface area contributed by atoms with Crippen molar-refractivity contribution in [2.45, 2.75) is 38.9 Å². The third kappa shape index (κ3) is 4.95. The van der Waals surface area contributed by atoms with Gasteiger partial charge in [-0.2, -0.15) is 0 Å². The van der Waals surface area contributed by atoms with Crippen molar-refractivity contribution in [2.75, 3.05) is 0 Å². The highest BCUT2D eigenvalue weighted by Gasteiger charge is 2.20. The molecule has 0 aliphatic heterocycles. The molecule has 0 radical (unpaired) electrons. The number of hydrogen-bond acceptors (Lipinski definition) is 3. The number of rotatable bonds is 6. The van der Waals surface area contributed by atoms with Gasteiger partial charge in [0.1, 0.15) is 0 Å². The first-order valence-corrected chi connectivity index (χ1v) is 9.06. The van der Waals surface area contributed by atoms with Gasteiger partial charge >= 0.3 is 0 Å². The Labute approximate surface area is 151 Å². The van der Waals surface area contributed by atoms with Crippen LogP contribution in [0.15, 0.2) is 35.7 Å². The summed E-state index contributed by atoms with van der Waals surface area (Å²) >= 11 is 13.8. The molecule has 0 saturated carbocycles. The minimum absolute atomic E-state index is 0.0630. The van der Waals surface area contributed by atoms with Crippen molar-refractivity contribution in [2.24, 2.45) is 0 Å². The number of nitrogens with one attached hydrogen (secondary N) is 2. The molecule has 1 aromatic heterocycles. The molecule has 0 fully saturated rings. The zero-order valence-corrected chi connectivity index (χ0v) is 15.6. The smallest absolute Gasteiger partial charge is 0.237 e. The number of halogens is 2. The zero-order chi connectivity index (χ0) is 17.0. The van der Waals surface area contributed by atoms with E-state index in [1.54, 1.807) is 23.5 Å². The Kier molecular flexibility index (Phi) is 6.48. The minimum Gasteiger partial charge on any atom is -0.348 e. The average molecular weight is 371 g/mol. The number of amides is 1. The zero-order valence-electron chi connectivity index (χ0n) is 13.3. The molecule has 0 spiro atoms. The van der Waals surface area contributed by atoms with Crippen molar-refractivity contribution in [1.82, 2.24) is 10.6 Å². The normalized spacial score (nSPS) is 15.0. The van der Waals surface area contributed by atoms with Crippen molar-refractivity contribution in [1.29, 1.82) is 0 Å². The molecule has 3 unspecified atom stereocenters. The number of carbonyl (C=O) groups excluding carboxylic acids is 1. The molecule has 2 aromatic rings. The van der Waals surface area contributed by atoms with E-state index < -0.39 is 0 Å². The van der Waals surface area contributed by atoms with Crippen LogP contribution in [0.25, 0.3) is 0 Å². The van der Waals surface area contributed by atoms with Gasteiger partial charge < -0.3 is 5.32 Å². The van der Waals surface area contributed by atoms with E-state index in [-0.39, 0.29) is 24.0 Å². The molecular formula is C17H20Cl2N2OS. The van der Waals surface area contributed by atoms with E-state index in [1.807, 2.05) is 31.4 Å². The second-order valence-electron chi connectivity index (χ2n) is 5.52. The summed E-state index contributed by atoms with van der Waals surface area (Å²) in [6, 6.07) is 8.99. The Balaban J connectivity index is 1.94. The summed E-state index contributed by atoms with van der Waals surface area (Å²) in [5, 5.41) is 9.45. The first-order chi connectivity index (χ1) is 10.9. The highest BCUT2D eigenvalue weighted by Crippen LogP contribution is 2.26. The van der Waals surface area contributed by atoms with Gasteiger partial charge in [0.05, 0.1) is 12.1 Å². The van der Waals surface area contributed by atoms with Gasteiger partial charge in [-0.15, -0.1) is 11.3 Å². The van der Waals surface area contributed by atoms with Crippen LogP contribution in [0.5, 0.6) is 0 Å². The molecule has 0 bridgehead atoms. The summed E-state index contributed by atoms with van der Waals surface area (Å²) in [5.41, 5.74) is 0.850. The Morgan fingerprint density at radius 1 is 1.13 bits per heavy atom. The number of benzene rings is 1.